The average molecular weight is 608 g/mol. The van der Waals surface area contributed by atoms with Crippen molar-refractivity contribution in [2.24, 2.45) is 0 Å². The maximum atomic E-state index is 13.7. The van der Waals surface area contributed by atoms with E-state index < -0.39 is 21.4 Å². The average Bonchev–Trinajstić information content (AvgIpc) is 3.35. The Morgan fingerprint density at radius 2 is 1.68 bits per heavy atom. The molecule has 0 amide bonds. The van der Waals surface area contributed by atoms with Crippen LogP contribution < -0.4 is 0 Å². The quantitative estimate of drug-likeness (QED) is 0.228. The fourth-order valence-corrected chi connectivity index (χ4v) is 6.93. The third-order valence-corrected chi connectivity index (χ3v) is 9.81. The SMILES string of the molecule is CCS(=O)(=O)c1c(-c2nnc(C3(C(F)(F)F)CC3)s2)nn(-c2ccc(Cl)cc2Cl)c1-c1ccc(Cl)cc1. The van der Waals surface area contributed by atoms with Gasteiger partial charge in [-0.05, 0) is 43.2 Å². The van der Waals surface area contributed by atoms with Gasteiger partial charge in [0.05, 0.1) is 22.2 Å². The van der Waals surface area contributed by atoms with Crippen molar-refractivity contribution in [3.05, 3.63) is 62.5 Å². The lowest BCUT2D eigenvalue weighted by molar-refractivity contribution is -0.160. The Hall–Kier alpha value is -2.18. The minimum Gasteiger partial charge on any atom is -0.229 e. The Morgan fingerprint density at radius 1 is 1.03 bits per heavy atom. The Labute approximate surface area is 228 Å². The molecule has 0 radical (unpaired) electrons. The maximum absolute atomic E-state index is 13.7. The zero-order valence-electron chi connectivity index (χ0n) is 18.9. The topological polar surface area (TPSA) is 77.7 Å². The lowest BCUT2D eigenvalue weighted by Crippen LogP contribution is -2.28. The number of sulfone groups is 1. The van der Waals surface area contributed by atoms with E-state index in [1.165, 1.54) is 17.7 Å². The van der Waals surface area contributed by atoms with E-state index in [1.54, 1.807) is 36.4 Å². The first-order chi connectivity index (χ1) is 17.4. The Bertz CT molecular complexity index is 1610. The number of alkyl halides is 3. The van der Waals surface area contributed by atoms with Crippen LogP contribution in [-0.2, 0) is 15.3 Å². The van der Waals surface area contributed by atoms with Gasteiger partial charge >= 0.3 is 6.18 Å². The molecule has 0 saturated heterocycles. The summed E-state index contributed by atoms with van der Waals surface area (Å²) in [6, 6.07) is 11.0. The third kappa shape index (κ3) is 4.54. The van der Waals surface area contributed by atoms with Crippen molar-refractivity contribution in [2.45, 2.75) is 36.3 Å². The van der Waals surface area contributed by atoms with Crippen LogP contribution in [0.25, 0.3) is 27.6 Å². The van der Waals surface area contributed by atoms with Crippen LogP contribution in [0.1, 0.15) is 24.8 Å². The van der Waals surface area contributed by atoms with E-state index in [2.05, 4.69) is 15.3 Å². The van der Waals surface area contributed by atoms with Gasteiger partial charge in [0.25, 0.3) is 0 Å². The Kier molecular flexibility index (Phi) is 6.59. The van der Waals surface area contributed by atoms with Crippen LogP contribution in [-0.4, -0.2) is 40.3 Å². The first-order valence-corrected chi connectivity index (χ1v) is 14.5. The van der Waals surface area contributed by atoms with E-state index in [1.807, 2.05) is 0 Å². The van der Waals surface area contributed by atoms with Gasteiger partial charge in [-0.3, -0.25) is 0 Å². The highest BCUT2D eigenvalue weighted by atomic mass is 35.5. The molecule has 0 N–H and O–H groups in total. The molecule has 1 aliphatic carbocycles. The molecule has 0 aliphatic heterocycles. The summed E-state index contributed by atoms with van der Waals surface area (Å²) in [6.07, 6.45) is -4.70. The van der Waals surface area contributed by atoms with Gasteiger partial charge in [-0.15, -0.1) is 10.2 Å². The normalized spacial score (nSPS) is 15.2. The number of hydrogen-bond donors (Lipinski definition) is 0. The minimum atomic E-state index is -4.49. The lowest BCUT2D eigenvalue weighted by Gasteiger charge is -2.15. The molecule has 2 aromatic heterocycles. The summed E-state index contributed by atoms with van der Waals surface area (Å²) in [7, 11) is -3.98. The zero-order valence-corrected chi connectivity index (χ0v) is 22.8. The zero-order chi connectivity index (χ0) is 26.8. The summed E-state index contributed by atoms with van der Waals surface area (Å²) >= 11 is 19.3. The van der Waals surface area contributed by atoms with Gasteiger partial charge in [0.1, 0.15) is 21.0 Å². The molecule has 2 aromatic carbocycles. The lowest BCUT2D eigenvalue weighted by atomic mass is 10.1. The van der Waals surface area contributed by atoms with Crippen LogP contribution in [0.2, 0.25) is 15.1 Å². The molecule has 0 bridgehead atoms. The largest absolute Gasteiger partial charge is 0.400 e. The van der Waals surface area contributed by atoms with Gasteiger partial charge < -0.3 is 0 Å². The van der Waals surface area contributed by atoms with Crippen molar-refractivity contribution in [3.8, 4) is 27.6 Å². The highest BCUT2D eigenvalue weighted by Crippen LogP contribution is 2.60. The molecule has 5 rings (SSSR count). The number of hydrogen-bond acceptors (Lipinski definition) is 6. The maximum Gasteiger partial charge on any atom is 0.400 e. The molecule has 1 fully saturated rings. The first kappa shape index (κ1) is 26.4. The van der Waals surface area contributed by atoms with Crippen LogP contribution >= 0.6 is 46.1 Å². The summed E-state index contributed by atoms with van der Waals surface area (Å²) in [4.78, 5) is -0.192. The predicted molar refractivity (Wildman–Crippen MR) is 138 cm³/mol. The molecule has 0 atom stereocenters. The molecular formula is C23H16Cl3F3N4O2S2. The Balaban J connectivity index is 1.82. The molecule has 0 spiro atoms. The van der Waals surface area contributed by atoms with Crippen molar-refractivity contribution >= 4 is 56.0 Å². The monoisotopic (exact) mass is 606 g/mol. The number of aromatic nitrogens is 4. The molecule has 14 heteroatoms. The second-order valence-corrected chi connectivity index (χ2v) is 12.9. The molecule has 37 heavy (non-hydrogen) atoms. The molecule has 0 unspecified atom stereocenters. The Morgan fingerprint density at radius 3 is 2.24 bits per heavy atom. The van der Waals surface area contributed by atoms with Gasteiger partial charge in [-0.2, -0.15) is 18.3 Å². The highest BCUT2D eigenvalue weighted by Gasteiger charge is 2.66. The smallest absolute Gasteiger partial charge is 0.229 e. The number of nitrogens with zero attached hydrogens (tertiary/aromatic N) is 4. The van der Waals surface area contributed by atoms with Crippen LogP contribution in [0.3, 0.4) is 0 Å². The van der Waals surface area contributed by atoms with E-state index in [0.29, 0.717) is 32.6 Å². The molecule has 4 aromatic rings. The predicted octanol–water partition coefficient (Wildman–Crippen LogP) is 7.41. The fourth-order valence-electron chi connectivity index (χ4n) is 3.93. The summed E-state index contributed by atoms with van der Waals surface area (Å²) in [5.41, 5.74) is -1.26. The molecule has 194 valence electrons. The summed E-state index contributed by atoms with van der Waals surface area (Å²) in [5, 5.41) is 13.0. The van der Waals surface area contributed by atoms with E-state index in [-0.39, 0.29) is 49.9 Å². The summed E-state index contributed by atoms with van der Waals surface area (Å²) < 4.78 is 69.4. The number of rotatable bonds is 6. The minimum absolute atomic E-state index is 0.0448. The van der Waals surface area contributed by atoms with Crippen LogP contribution in [0.5, 0.6) is 0 Å². The summed E-state index contributed by atoms with van der Waals surface area (Å²) in [6.45, 7) is 1.46. The summed E-state index contributed by atoms with van der Waals surface area (Å²) in [5.74, 6) is -0.293. The number of benzene rings is 2. The van der Waals surface area contributed by atoms with Gasteiger partial charge in [0, 0.05) is 15.6 Å². The van der Waals surface area contributed by atoms with E-state index in [4.69, 9.17) is 34.8 Å². The van der Waals surface area contributed by atoms with Crippen LogP contribution in [0.15, 0.2) is 47.4 Å². The van der Waals surface area contributed by atoms with E-state index in [0.717, 1.165) is 0 Å². The molecular weight excluding hydrogens is 592 g/mol. The van der Waals surface area contributed by atoms with Gasteiger partial charge in [0.15, 0.2) is 14.8 Å². The van der Waals surface area contributed by atoms with Crippen molar-refractivity contribution in [2.75, 3.05) is 5.75 Å². The van der Waals surface area contributed by atoms with Crippen molar-refractivity contribution < 1.29 is 21.6 Å². The first-order valence-electron chi connectivity index (χ1n) is 10.9. The third-order valence-electron chi connectivity index (χ3n) is 6.12. The molecule has 1 saturated carbocycles. The van der Waals surface area contributed by atoms with Crippen molar-refractivity contribution in [1.29, 1.82) is 0 Å². The molecule has 2 heterocycles. The van der Waals surface area contributed by atoms with Crippen molar-refractivity contribution in [3.63, 3.8) is 0 Å². The van der Waals surface area contributed by atoms with Crippen LogP contribution in [0, 0.1) is 0 Å². The molecule has 6 nitrogen and oxygen atoms in total. The second-order valence-electron chi connectivity index (χ2n) is 8.44. The van der Waals surface area contributed by atoms with Gasteiger partial charge in [0.2, 0.25) is 0 Å². The van der Waals surface area contributed by atoms with Gasteiger partial charge in [-0.25, -0.2) is 13.1 Å². The fraction of sp³-hybridized carbons (Fsp3) is 0.261. The highest BCUT2D eigenvalue weighted by molar-refractivity contribution is 7.91. The second kappa shape index (κ2) is 9.23. The van der Waals surface area contributed by atoms with E-state index in [9.17, 15) is 21.6 Å². The van der Waals surface area contributed by atoms with Gasteiger partial charge in [-0.1, -0.05) is 65.2 Å². The van der Waals surface area contributed by atoms with Crippen LogP contribution in [0.4, 0.5) is 13.2 Å². The molecule has 1 aliphatic rings. The van der Waals surface area contributed by atoms with E-state index >= 15 is 0 Å². The number of halogens is 6. The standard InChI is InChI=1S/C23H16Cl3F3N4O2S2/c1-2-37(34,35)19-17(20-30-31-21(36-20)22(9-10-22)23(27,28)29)32-33(16-8-7-14(25)11-15(16)26)18(19)12-3-5-13(24)6-4-12/h3-8,11H,2,9-10H2,1H3. The van der Waals surface area contributed by atoms with Crippen molar-refractivity contribution in [1.82, 2.24) is 20.0 Å².